The number of nitrogens with zero attached hydrogens (tertiary/aromatic N) is 3. The minimum Gasteiger partial charge on any atom is -0.457 e. The number of rotatable bonds is 5. The van der Waals surface area contributed by atoms with Crippen LogP contribution in [0.2, 0.25) is 0 Å². The van der Waals surface area contributed by atoms with Crippen molar-refractivity contribution in [3.8, 4) is 11.5 Å². The van der Waals surface area contributed by atoms with Crippen molar-refractivity contribution in [1.29, 1.82) is 0 Å². The molecule has 0 atom stereocenters. The zero-order valence-electron chi connectivity index (χ0n) is 14.7. The SMILES string of the molecule is CC(=O)Nc1cc(Oc2ccc3c(c2)nc(NC(C)C)n3C)ccn1. The van der Waals surface area contributed by atoms with Gasteiger partial charge in [0.05, 0.1) is 11.0 Å². The highest BCUT2D eigenvalue weighted by molar-refractivity contribution is 5.87. The Hall–Kier alpha value is -3.09. The fraction of sp³-hybridized carbons (Fsp3) is 0.278. The van der Waals surface area contributed by atoms with Crippen molar-refractivity contribution in [2.45, 2.75) is 26.8 Å². The molecule has 130 valence electrons. The molecule has 2 N–H and O–H groups in total. The minimum atomic E-state index is -0.176. The van der Waals surface area contributed by atoms with Crippen molar-refractivity contribution in [3.63, 3.8) is 0 Å². The molecule has 0 radical (unpaired) electrons. The Morgan fingerprint density at radius 2 is 1.96 bits per heavy atom. The molecule has 25 heavy (non-hydrogen) atoms. The standard InChI is InChI=1S/C18H21N5O2/c1-11(2)20-18-22-15-9-13(5-6-16(15)23(18)4)25-14-7-8-19-17(10-14)21-12(3)24/h5-11H,1-4H3,(H,20,22)(H,19,21,24). The van der Waals surface area contributed by atoms with E-state index in [1.54, 1.807) is 18.3 Å². The van der Waals surface area contributed by atoms with Gasteiger partial charge in [0.2, 0.25) is 11.9 Å². The molecule has 0 saturated carbocycles. The Bertz CT molecular complexity index is 917. The molecule has 7 nitrogen and oxygen atoms in total. The van der Waals surface area contributed by atoms with E-state index >= 15 is 0 Å². The number of ether oxygens (including phenoxy) is 1. The molecule has 0 unspecified atom stereocenters. The molecular weight excluding hydrogens is 318 g/mol. The summed E-state index contributed by atoms with van der Waals surface area (Å²) in [4.78, 5) is 19.8. The average Bonchev–Trinajstić information content (AvgIpc) is 2.82. The molecule has 2 aromatic heterocycles. The predicted molar refractivity (Wildman–Crippen MR) is 98.1 cm³/mol. The number of amides is 1. The van der Waals surface area contributed by atoms with Crippen LogP contribution in [0.1, 0.15) is 20.8 Å². The topological polar surface area (TPSA) is 81.1 Å². The van der Waals surface area contributed by atoms with Crippen LogP contribution >= 0.6 is 0 Å². The normalized spacial score (nSPS) is 10.9. The lowest BCUT2D eigenvalue weighted by molar-refractivity contribution is -0.114. The van der Waals surface area contributed by atoms with Gasteiger partial charge in [0, 0.05) is 38.3 Å². The predicted octanol–water partition coefficient (Wildman–Crippen LogP) is 3.54. The molecule has 1 aromatic carbocycles. The number of aromatic nitrogens is 3. The van der Waals surface area contributed by atoms with Crippen LogP contribution in [0.3, 0.4) is 0 Å². The smallest absolute Gasteiger partial charge is 0.222 e. The quantitative estimate of drug-likeness (QED) is 0.743. The molecule has 0 fully saturated rings. The fourth-order valence-electron chi connectivity index (χ4n) is 2.49. The highest BCUT2D eigenvalue weighted by Crippen LogP contribution is 2.27. The van der Waals surface area contributed by atoms with E-state index in [1.165, 1.54) is 6.92 Å². The van der Waals surface area contributed by atoms with Crippen molar-refractivity contribution in [3.05, 3.63) is 36.5 Å². The Morgan fingerprint density at radius 1 is 1.20 bits per heavy atom. The summed E-state index contributed by atoms with van der Waals surface area (Å²) < 4.78 is 7.89. The molecule has 0 saturated heterocycles. The molecule has 0 bridgehead atoms. The summed E-state index contributed by atoms with van der Waals surface area (Å²) in [7, 11) is 1.98. The number of carbonyl (C=O) groups excluding carboxylic acids is 1. The van der Waals surface area contributed by atoms with Crippen LogP contribution in [-0.2, 0) is 11.8 Å². The van der Waals surface area contributed by atoms with Crippen LogP contribution in [0.4, 0.5) is 11.8 Å². The zero-order chi connectivity index (χ0) is 18.0. The number of hydrogen-bond donors (Lipinski definition) is 2. The van der Waals surface area contributed by atoms with E-state index in [0.717, 1.165) is 17.0 Å². The van der Waals surface area contributed by atoms with E-state index < -0.39 is 0 Å². The maximum absolute atomic E-state index is 11.1. The van der Waals surface area contributed by atoms with Crippen molar-refractivity contribution in [2.24, 2.45) is 7.05 Å². The van der Waals surface area contributed by atoms with Gasteiger partial charge in [0.1, 0.15) is 17.3 Å². The van der Waals surface area contributed by atoms with Gasteiger partial charge in [0.15, 0.2) is 0 Å². The molecule has 0 aliphatic carbocycles. The monoisotopic (exact) mass is 339 g/mol. The second-order valence-electron chi connectivity index (χ2n) is 6.10. The fourth-order valence-corrected chi connectivity index (χ4v) is 2.49. The Morgan fingerprint density at radius 3 is 2.68 bits per heavy atom. The number of imidazole rings is 1. The molecule has 2 heterocycles. The van der Waals surface area contributed by atoms with Gasteiger partial charge in [-0.05, 0) is 32.0 Å². The first kappa shape index (κ1) is 16.8. The first-order valence-corrected chi connectivity index (χ1v) is 8.07. The van der Waals surface area contributed by atoms with Crippen LogP contribution in [0.15, 0.2) is 36.5 Å². The largest absolute Gasteiger partial charge is 0.457 e. The summed E-state index contributed by atoms with van der Waals surface area (Å²) in [5, 5.41) is 5.96. The highest BCUT2D eigenvalue weighted by Gasteiger charge is 2.10. The van der Waals surface area contributed by atoms with E-state index in [9.17, 15) is 4.79 Å². The summed E-state index contributed by atoms with van der Waals surface area (Å²) in [6.45, 7) is 5.58. The number of aryl methyl sites for hydroxylation is 1. The molecule has 7 heteroatoms. The van der Waals surface area contributed by atoms with Crippen LogP contribution in [-0.4, -0.2) is 26.5 Å². The molecule has 1 amide bonds. The number of carbonyl (C=O) groups is 1. The number of anilines is 2. The van der Waals surface area contributed by atoms with E-state index in [1.807, 2.05) is 29.8 Å². The lowest BCUT2D eigenvalue weighted by atomic mass is 10.3. The third-order valence-electron chi connectivity index (χ3n) is 3.54. The van der Waals surface area contributed by atoms with Crippen LogP contribution < -0.4 is 15.4 Å². The number of nitrogens with one attached hydrogen (secondary N) is 2. The highest BCUT2D eigenvalue weighted by atomic mass is 16.5. The van der Waals surface area contributed by atoms with Gasteiger partial charge in [-0.25, -0.2) is 9.97 Å². The van der Waals surface area contributed by atoms with Crippen molar-refractivity contribution in [1.82, 2.24) is 14.5 Å². The summed E-state index contributed by atoms with van der Waals surface area (Å²) in [5.74, 6) is 2.35. The van der Waals surface area contributed by atoms with E-state index in [-0.39, 0.29) is 5.91 Å². The number of hydrogen-bond acceptors (Lipinski definition) is 5. The lowest BCUT2D eigenvalue weighted by Crippen LogP contribution is -2.13. The van der Waals surface area contributed by atoms with Gasteiger partial charge in [-0.15, -0.1) is 0 Å². The second kappa shape index (κ2) is 6.80. The first-order chi connectivity index (χ1) is 11.9. The summed E-state index contributed by atoms with van der Waals surface area (Å²) >= 11 is 0. The molecule has 3 rings (SSSR count). The van der Waals surface area contributed by atoms with Crippen molar-refractivity contribution < 1.29 is 9.53 Å². The third-order valence-corrected chi connectivity index (χ3v) is 3.54. The summed E-state index contributed by atoms with van der Waals surface area (Å²) in [6, 6.07) is 9.46. The number of benzene rings is 1. The maximum Gasteiger partial charge on any atom is 0.222 e. The molecule has 0 aliphatic heterocycles. The van der Waals surface area contributed by atoms with E-state index in [4.69, 9.17) is 4.74 Å². The average molecular weight is 339 g/mol. The Kier molecular flexibility index (Phi) is 4.56. The lowest BCUT2D eigenvalue weighted by Gasteiger charge is -2.08. The van der Waals surface area contributed by atoms with Gasteiger partial charge in [-0.3, -0.25) is 4.79 Å². The van der Waals surface area contributed by atoms with Crippen molar-refractivity contribution >= 4 is 28.7 Å². The second-order valence-corrected chi connectivity index (χ2v) is 6.10. The van der Waals surface area contributed by atoms with E-state index in [2.05, 4.69) is 34.4 Å². The van der Waals surface area contributed by atoms with Crippen LogP contribution in [0.25, 0.3) is 11.0 Å². The minimum absolute atomic E-state index is 0.176. The molecule has 0 aliphatic rings. The summed E-state index contributed by atoms with van der Waals surface area (Å²) in [5.41, 5.74) is 1.86. The van der Waals surface area contributed by atoms with Gasteiger partial charge >= 0.3 is 0 Å². The Labute approximate surface area is 146 Å². The molecular formula is C18H21N5O2. The zero-order valence-corrected chi connectivity index (χ0v) is 14.7. The van der Waals surface area contributed by atoms with Crippen LogP contribution in [0, 0.1) is 0 Å². The summed E-state index contributed by atoms with van der Waals surface area (Å²) in [6.07, 6.45) is 1.59. The van der Waals surface area contributed by atoms with Gasteiger partial charge < -0.3 is 19.9 Å². The third kappa shape index (κ3) is 3.88. The first-order valence-electron chi connectivity index (χ1n) is 8.07. The number of pyridine rings is 1. The van der Waals surface area contributed by atoms with Crippen LogP contribution in [0.5, 0.6) is 11.5 Å². The van der Waals surface area contributed by atoms with Gasteiger partial charge in [-0.1, -0.05) is 0 Å². The molecule has 3 aromatic rings. The van der Waals surface area contributed by atoms with Gasteiger partial charge in [0.25, 0.3) is 0 Å². The van der Waals surface area contributed by atoms with Crippen molar-refractivity contribution in [2.75, 3.05) is 10.6 Å². The molecule has 0 spiro atoms. The van der Waals surface area contributed by atoms with Gasteiger partial charge in [-0.2, -0.15) is 0 Å². The van der Waals surface area contributed by atoms with E-state index in [0.29, 0.717) is 23.4 Å². The maximum atomic E-state index is 11.1. The number of fused-ring (bicyclic) bond motifs is 1. The Balaban J connectivity index is 1.86.